The molecule has 5 nitrogen and oxygen atoms in total. The van der Waals surface area contributed by atoms with E-state index >= 15 is 4.79 Å². The Kier molecular flexibility index (Phi) is 6.43. The fraction of sp³-hybridized carbons (Fsp3) is 0.171. The number of hydrogen-bond donors (Lipinski definition) is 0. The van der Waals surface area contributed by atoms with E-state index in [2.05, 4.69) is 6.92 Å². The van der Waals surface area contributed by atoms with Crippen molar-refractivity contribution < 1.29 is 19.1 Å². The smallest absolute Gasteiger partial charge is 0.380 e. The van der Waals surface area contributed by atoms with E-state index in [0.717, 1.165) is 12.8 Å². The summed E-state index contributed by atoms with van der Waals surface area (Å²) in [7, 11) is 0. The molecule has 2 aliphatic rings. The van der Waals surface area contributed by atoms with Crippen LogP contribution < -0.4 is 0 Å². The number of ether oxygens (including phenoxy) is 1. The summed E-state index contributed by atoms with van der Waals surface area (Å²) in [4.78, 5) is 44.8. The van der Waals surface area contributed by atoms with Crippen LogP contribution in [0.15, 0.2) is 127 Å². The lowest BCUT2D eigenvalue weighted by atomic mass is 9.55. The maximum Gasteiger partial charge on any atom is 0.380 e. The number of fused-ring (bicyclic) bond motifs is 1. The van der Waals surface area contributed by atoms with Gasteiger partial charge >= 0.3 is 5.97 Å². The van der Waals surface area contributed by atoms with Crippen molar-refractivity contribution in [2.45, 2.75) is 30.8 Å². The number of esters is 1. The molecule has 0 saturated carbocycles. The van der Waals surface area contributed by atoms with Crippen LogP contribution in [0.4, 0.5) is 0 Å². The molecule has 2 aliphatic heterocycles. The number of benzene rings is 4. The molecule has 0 aromatic heterocycles. The Hall–Kier alpha value is -4.77. The minimum absolute atomic E-state index is 0.193. The standard InChI is InChI=1S/C35H29NO4/c1-2-3-24-36-30(25-16-8-4-9-17-25)29-31(37)32(38)40-35(29,28-22-14-7-15-23-28)34(33(36)39,26-18-10-5-11-19-26)27-20-12-6-13-21-27/h4-23H,2-3,24H2,1H3/t35-/m0/s1. The Bertz CT molecular complexity index is 1560. The van der Waals surface area contributed by atoms with Gasteiger partial charge in [-0.25, -0.2) is 4.79 Å². The summed E-state index contributed by atoms with van der Waals surface area (Å²) in [6.07, 6.45) is 1.56. The normalized spacial score (nSPS) is 19.9. The third kappa shape index (κ3) is 3.51. The first kappa shape index (κ1) is 25.5. The van der Waals surface area contributed by atoms with E-state index in [0.29, 0.717) is 34.5 Å². The molecule has 0 radical (unpaired) electrons. The highest BCUT2D eigenvalue weighted by Gasteiger charge is 2.73. The van der Waals surface area contributed by atoms with Crippen LogP contribution in [-0.2, 0) is 30.1 Å². The van der Waals surface area contributed by atoms with Gasteiger partial charge in [0, 0.05) is 12.1 Å². The second kappa shape index (κ2) is 10.1. The molecule has 1 saturated heterocycles. The van der Waals surface area contributed by atoms with Crippen LogP contribution in [0, 0.1) is 0 Å². The van der Waals surface area contributed by atoms with E-state index in [4.69, 9.17) is 4.74 Å². The van der Waals surface area contributed by atoms with Gasteiger partial charge in [0.05, 0.1) is 11.3 Å². The lowest BCUT2D eigenvalue weighted by molar-refractivity contribution is -0.162. The van der Waals surface area contributed by atoms with Crippen molar-refractivity contribution in [2.75, 3.05) is 6.54 Å². The Labute approximate surface area is 233 Å². The van der Waals surface area contributed by atoms with E-state index in [-0.39, 0.29) is 11.5 Å². The molecule has 198 valence electrons. The number of carbonyl (C=O) groups is 3. The second-order valence-corrected chi connectivity index (χ2v) is 10.1. The van der Waals surface area contributed by atoms with Crippen LogP contribution in [0.2, 0.25) is 0 Å². The van der Waals surface area contributed by atoms with Crippen molar-refractivity contribution in [1.82, 2.24) is 4.90 Å². The molecule has 0 aliphatic carbocycles. The fourth-order valence-electron chi connectivity index (χ4n) is 6.34. The Morgan fingerprint density at radius 3 is 1.62 bits per heavy atom. The van der Waals surface area contributed by atoms with Crippen molar-refractivity contribution in [1.29, 1.82) is 0 Å². The quantitative estimate of drug-likeness (QED) is 0.217. The van der Waals surface area contributed by atoms with Crippen molar-refractivity contribution >= 4 is 23.4 Å². The Morgan fingerprint density at radius 2 is 1.12 bits per heavy atom. The number of nitrogens with zero attached hydrogens (tertiary/aromatic N) is 1. The number of unbranched alkanes of at least 4 members (excludes halogenated alkanes) is 1. The molecule has 1 amide bonds. The predicted octanol–water partition coefficient (Wildman–Crippen LogP) is 6.05. The molecule has 40 heavy (non-hydrogen) atoms. The maximum atomic E-state index is 15.5. The maximum absolute atomic E-state index is 15.5. The number of Topliss-reactive ketones (excluding diaryl/α,β-unsaturated/α-hetero) is 1. The molecule has 0 unspecified atom stereocenters. The molecule has 0 bridgehead atoms. The minimum atomic E-state index is -1.74. The summed E-state index contributed by atoms with van der Waals surface area (Å²) in [6, 6.07) is 37.4. The first-order valence-electron chi connectivity index (χ1n) is 13.6. The summed E-state index contributed by atoms with van der Waals surface area (Å²) in [5.74, 6) is -1.94. The number of rotatable bonds is 7. The molecular weight excluding hydrogens is 498 g/mol. The lowest BCUT2D eigenvalue weighted by Crippen LogP contribution is -2.64. The monoisotopic (exact) mass is 527 g/mol. The molecule has 4 aromatic carbocycles. The molecule has 1 fully saturated rings. The largest absolute Gasteiger partial charge is 0.441 e. The van der Waals surface area contributed by atoms with E-state index in [1.165, 1.54) is 0 Å². The van der Waals surface area contributed by atoms with E-state index in [9.17, 15) is 9.59 Å². The summed E-state index contributed by atoms with van der Waals surface area (Å²) in [5, 5.41) is 0. The highest BCUT2D eigenvalue weighted by Crippen LogP contribution is 2.62. The van der Waals surface area contributed by atoms with E-state index in [1.807, 2.05) is 121 Å². The summed E-state index contributed by atoms with van der Waals surface area (Å²) in [6.45, 7) is 2.45. The van der Waals surface area contributed by atoms with E-state index < -0.39 is 22.8 Å². The van der Waals surface area contributed by atoms with Gasteiger partial charge in [-0.15, -0.1) is 0 Å². The van der Waals surface area contributed by atoms with Gasteiger partial charge in [-0.3, -0.25) is 9.59 Å². The van der Waals surface area contributed by atoms with Gasteiger partial charge in [0.1, 0.15) is 5.41 Å². The third-order valence-electron chi connectivity index (χ3n) is 7.99. The van der Waals surface area contributed by atoms with Crippen LogP contribution in [-0.4, -0.2) is 29.1 Å². The molecule has 0 spiro atoms. The second-order valence-electron chi connectivity index (χ2n) is 10.1. The van der Waals surface area contributed by atoms with Gasteiger partial charge < -0.3 is 9.64 Å². The summed E-state index contributed by atoms with van der Waals surface area (Å²) < 4.78 is 6.36. The molecule has 0 N–H and O–H groups in total. The van der Waals surface area contributed by atoms with Gasteiger partial charge in [0.25, 0.3) is 5.78 Å². The topological polar surface area (TPSA) is 63.7 Å². The average Bonchev–Trinajstić information content (AvgIpc) is 3.28. The zero-order valence-corrected chi connectivity index (χ0v) is 22.2. The SMILES string of the molecule is CCCCN1C(=O)C(c2ccccc2)(c2ccccc2)[C@@]2(c3ccccc3)OC(=O)C(=O)C2=C1c1ccccc1. The molecule has 6 rings (SSSR count). The first-order valence-corrected chi connectivity index (χ1v) is 13.6. The highest BCUT2D eigenvalue weighted by molar-refractivity contribution is 6.46. The molecular formula is C35H29NO4. The van der Waals surface area contributed by atoms with Crippen LogP contribution in [0.5, 0.6) is 0 Å². The summed E-state index contributed by atoms with van der Waals surface area (Å²) in [5.41, 5.74) is -0.153. The Morgan fingerprint density at radius 1 is 0.650 bits per heavy atom. The van der Waals surface area contributed by atoms with Crippen molar-refractivity contribution in [3.8, 4) is 0 Å². The van der Waals surface area contributed by atoms with Crippen LogP contribution in [0.25, 0.3) is 5.70 Å². The van der Waals surface area contributed by atoms with Crippen molar-refractivity contribution in [3.63, 3.8) is 0 Å². The Balaban J connectivity index is 1.86. The summed E-state index contributed by atoms with van der Waals surface area (Å²) >= 11 is 0. The first-order chi connectivity index (χ1) is 19.6. The zero-order valence-electron chi connectivity index (χ0n) is 22.2. The van der Waals surface area contributed by atoms with Crippen molar-refractivity contribution in [2.24, 2.45) is 0 Å². The van der Waals surface area contributed by atoms with Gasteiger partial charge in [-0.2, -0.15) is 0 Å². The molecule has 2 heterocycles. The number of ketones is 1. The zero-order chi connectivity index (χ0) is 27.7. The number of amides is 1. The molecule has 1 atom stereocenters. The lowest BCUT2D eigenvalue weighted by Gasteiger charge is -2.53. The van der Waals surface area contributed by atoms with E-state index in [1.54, 1.807) is 4.90 Å². The van der Waals surface area contributed by atoms with Crippen LogP contribution in [0.1, 0.15) is 42.0 Å². The highest BCUT2D eigenvalue weighted by atomic mass is 16.6. The number of carbonyl (C=O) groups excluding carboxylic acids is 3. The molecule has 4 aromatic rings. The minimum Gasteiger partial charge on any atom is -0.441 e. The van der Waals surface area contributed by atoms with Gasteiger partial charge in [0.15, 0.2) is 5.60 Å². The van der Waals surface area contributed by atoms with Crippen molar-refractivity contribution in [3.05, 3.63) is 149 Å². The predicted molar refractivity (Wildman–Crippen MR) is 153 cm³/mol. The molecule has 5 heteroatoms. The fourth-order valence-corrected chi connectivity index (χ4v) is 6.34. The third-order valence-corrected chi connectivity index (χ3v) is 7.99. The van der Waals surface area contributed by atoms with Gasteiger partial charge in [-0.05, 0) is 23.1 Å². The van der Waals surface area contributed by atoms with Crippen LogP contribution in [0.3, 0.4) is 0 Å². The number of hydrogen-bond acceptors (Lipinski definition) is 4. The van der Waals surface area contributed by atoms with Gasteiger partial charge in [0.2, 0.25) is 5.91 Å². The van der Waals surface area contributed by atoms with Crippen LogP contribution >= 0.6 is 0 Å². The average molecular weight is 528 g/mol. The van der Waals surface area contributed by atoms with Gasteiger partial charge in [-0.1, -0.05) is 135 Å².